The Morgan fingerprint density at radius 2 is 1.24 bits per heavy atom. The van der Waals surface area contributed by atoms with Crippen molar-refractivity contribution in [2.45, 2.75) is 26.3 Å². The summed E-state index contributed by atoms with van der Waals surface area (Å²) in [5, 5.41) is 12.2. The van der Waals surface area contributed by atoms with Gasteiger partial charge in [-0.3, -0.25) is 19.3 Å². The van der Waals surface area contributed by atoms with Crippen molar-refractivity contribution in [3.63, 3.8) is 0 Å². The largest absolute Gasteiger partial charge is 0.481 e. The summed E-state index contributed by atoms with van der Waals surface area (Å²) in [5.74, 6) is -1.82. The molecule has 1 aliphatic heterocycles. The number of carboxylic acid groups (broad SMARTS) is 1. The van der Waals surface area contributed by atoms with Crippen LogP contribution in [0.1, 0.15) is 41.0 Å². The molecule has 0 aliphatic carbocycles. The first-order chi connectivity index (χ1) is 16.3. The molecule has 0 bridgehead atoms. The molecule has 6 heteroatoms. The number of carbonyl (C=O) groups excluding carboxylic acids is 2. The Bertz CT molecular complexity index is 1120. The minimum absolute atomic E-state index is 0.204. The highest BCUT2D eigenvalue weighted by molar-refractivity contribution is 7.02. The SMILES string of the molecule is CC(C)C[C@H](C[Si](CN1C(=O)c2ccccc2C1=O)(c1ccccc1)c1ccccc1)C(=O)O. The third-order valence-electron chi connectivity index (χ3n) is 6.66. The first kappa shape index (κ1) is 23.6. The fourth-order valence-electron chi connectivity index (χ4n) is 5.08. The van der Waals surface area contributed by atoms with Gasteiger partial charge in [-0.15, -0.1) is 0 Å². The van der Waals surface area contributed by atoms with Crippen molar-refractivity contribution < 1.29 is 19.5 Å². The van der Waals surface area contributed by atoms with Crippen LogP contribution in [-0.2, 0) is 4.79 Å². The Labute approximate surface area is 201 Å². The topological polar surface area (TPSA) is 74.7 Å². The second-order valence-corrected chi connectivity index (χ2v) is 13.5. The van der Waals surface area contributed by atoms with Crippen LogP contribution in [0, 0.1) is 11.8 Å². The summed E-state index contributed by atoms with van der Waals surface area (Å²) in [6, 6.07) is 27.0. The van der Waals surface area contributed by atoms with E-state index in [4.69, 9.17) is 0 Å². The van der Waals surface area contributed by atoms with Crippen molar-refractivity contribution in [1.29, 1.82) is 0 Å². The standard InChI is InChI=1S/C28H29NO4Si/c1-20(2)17-21(28(32)33)18-34(22-11-5-3-6-12-22,23-13-7-4-8-14-23)19-29-26(30)24-15-9-10-16-25(24)27(29)31/h3-16,20-21H,17-19H2,1-2H3,(H,32,33)/t21-/m1/s1. The van der Waals surface area contributed by atoms with E-state index in [9.17, 15) is 19.5 Å². The summed E-state index contributed by atoms with van der Waals surface area (Å²) in [5.41, 5.74) is 0.821. The van der Waals surface area contributed by atoms with E-state index in [1.165, 1.54) is 4.90 Å². The van der Waals surface area contributed by atoms with Crippen molar-refractivity contribution in [2.75, 3.05) is 6.17 Å². The number of benzene rings is 3. The van der Waals surface area contributed by atoms with Gasteiger partial charge in [0.05, 0.1) is 17.0 Å². The monoisotopic (exact) mass is 471 g/mol. The predicted molar refractivity (Wildman–Crippen MR) is 135 cm³/mol. The molecule has 0 saturated heterocycles. The quantitative estimate of drug-likeness (QED) is 0.380. The Morgan fingerprint density at radius 3 is 1.65 bits per heavy atom. The summed E-state index contributed by atoms with van der Waals surface area (Å²) in [7, 11) is -2.92. The Hall–Kier alpha value is -3.51. The fraction of sp³-hybridized carbons (Fsp3) is 0.250. The average molecular weight is 472 g/mol. The number of nitrogens with zero attached hydrogens (tertiary/aromatic N) is 1. The van der Waals surface area contributed by atoms with Gasteiger partial charge in [-0.1, -0.05) is 97.0 Å². The van der Waals surface area contributed by atoms with Crippen molar-refractivity contribution >= 4 is 36.2 Å². The molecule has 0 fully saturated rings. The number of fused-ring (bicyclic) bond motifs is 1. The van der Waals surface area contributed by atoms with E-state index < -0.39 is 20.0 Å². The summed E-state index contributed by atoms with van der Waals surface area (Å²) < 4.78 is 0. The van der Waals surface area contributed by atoms with Crippen molar-refractivity contribution in [3.05, 3.63) is 96.1 Å². The maximum atomic E-state index is 13.4. The molecule has 0 radical (unpaired) electrons. The molecular weight excluding hydrogens is 442 g/mol. The highest BCUT2D eigenvalue weighted by atomic mass is 28.3. The Kier molecular flexibility index (Phi) is 6.79. The zero-order valence-electron chi connectivity index (χ0n) is 19.5. The van der Waals surface area contributed by atoms with E-state index in [1.807, 2.05) is 74.5 Å². The van der Waals surface area contributed by atoms with E-state index in [0.29, 0.717) is 23.6 Å². The lowest BCUT2D eigenvalue weighted by Crippen LogP contribution is -2.66. The molecule has 5 nitrogen and oxygen atoms in total. The highest BCUT2D eigenvalue weighted by Crippen LogP contribution is 2.29. The van der Waals surface area contributed by atoms with E-state index in [0.717, 1.165) is 10.4 Å². The molecule has 1 heterocycles. The lowest BCUT2D eigenvalue weighted by Gasteiger charge is -2.38. The third kappa shape index (κ3) is 4.46. The molecule has 0 aromatic heterocycles. The molecule has 0 unspecified atom stereocenters. The van der Waals surface area contributed by atoms with Crippen molar-refractivity contribution in [3.8, 4) is 0 Å². The smallest absolute Gasteiger partial charge is 0.306 e. The van der Waals surface area contributed by atoms with Crippen LogP contribution in [0.5, 0.6) is 0 Å². The zero-order chi connectivity index (χ0) is 24.3. The summed E-state index contributed by atoms with van der Waals surface area (Å²) in [6.07, 6.45) is 0.737. The summed E-state index contributed by atoms with van der Waals surface area (Å²) >= 11 is 0. The van der Waals surface area contributed by atoms with E-state index in [-0.39, 0.29) is 23.9 Å². The molecule has 3 aromatic carbocycles. The molecule has 34 heavy (non-hydrogen) atoms. The number of imide groups is 1. The second-order valence-electron chi connectivity index (χ2n) is 9.43. The Morgan fingerprint density at radius 1 is 0.794 bits per heavy atom. The fourth-order valence-corrected chi connectivity index (χ4v) is 10.0. The average Bonchev–Trinajstić information content (AvgIpc) is 3.08. The van der Waals surface area contributed by atoms with Crippen LogP contribution in [-0.4, -0.2) is 42.0 Å². The number of hydrogen-bond acceptors (Lipinski definition) is 3. The van der Waals surface area contributed by atoms with Crippen LogP contribution in [0.3, 0.4) is 0 Å². The molecule has 3 aromatic rings. The molecule has 4 rings (SSSR count). The number of carboxylic acids is 1. The number of rotatable bonds is 9. The van der Waals surface area contributed by atoms with Gasteiger partial charge in [0.2, 0.25) is 0 Å². The minimum atomic E-state index is -2.92. The van der Waals surface area contributed by atoms with Gasteiger partial charge in [0, 0.05) is 6.17 Å². The normalized spacial score (nSPS) is 14.4. The molecule has 1 aliphatic rings. The Balaban J connectivity index is 1.87. The minimum Gasteiger partial charge on any atom is -0.481 e. The number of amides is 2. The van der Waals surface area contributed by atoms with Crippen molar-refractivity contribution in [2.24, 2.45) is 11.8 Å². The van der Waals surface area contributed by atoms with Gasteiger partial charge >= 0.3 is 5.97 Å². The number of carbonyl (C=O) groups is 3. The molecule has 1 atom stereocenters. The van der Waals surface area contributed by atoms with Gasteiger partial charge in [0.25, 0.3) is 11.8 Å². The highest BCUT2D eigenvalue weighted by Gasteiger charge is 2.47. The lowest BCUT2D eigenvalue weighted by atomic mass is 9.99. The van der Waals surface area contributed by atoms with Crippen LogP contribution < -0.4 is 10.4 Å². The van der Waals surface area contributed by atoms with Crippen LogP contribution in [0.2, 0.25) is 6.04 Å². The van der Waals surface area contributed by atoms with Crippen LogP contribution in [0.25, 0.3) is 0 Å². The summed E-state index contributed by atoms with van der Waals surface area (Å²) in [6.45, 7) is 4.04. The zero-order valence-corrected chi connectivity index (χ0v) is 20.5. The maximum absolute atomic E-state index is 13.4. The molecular formula is C28H29NO4Si. The first-order valence-electron chi connectivity index (χ1n) is 11.6. The van der Waals surface area contributed by atoms with Gasteiger partial charge < -0.3 is 5.11 Å². The van der Waals surface area contributed by atoms with Gasteiger partial charge in [0.15, 0.2) is 0 Å². The van der Waals surface area contributed by atoms with Crippen molar-refractivity contribution in [1.82, 2.24) is 4.90 Å². The van der Waals surface area contributed by atoms with Gasteiger partial charge in [-0.25, -0.2) is 0 Å². The third-order valence-corrected chi connectivity index (χ3v) is 11.6. The van der Waals surface area contributed by atoms with E-state index in [1.54, 1.807) is 24.3 Å². The van der Waals surface area contributed by atoms with Gasteiger partial charge in [-0.2, -0.15) is 0 Å². The molecule has 174 valence electrons. The summed E-state index contributed by atoms with van der Waals surface area (Å²) in [4.78, 5) is 40.5. The molecule has 2 amide bonds. The second kappa shape index (κ2) is 9.77. The van der Waals surface area contributed by atoms with Gasteiger partial charge in [0.1, 0.15) is 8.07 Å². The lowest BCUT2D eigenvalue weighted by molar-refractivity contribution is -0.141. The first-order valence-corrected chi connectivity index (χ1v) is 14.0. The number of hydrogen-bond donors (Lipinski definition) is 1. The molecule has 1 N–H and O–H groups in total. The van der Waals surface area contributed by atoms with E-state index in [2.05, 4.69) is 0 Å². The van der Waals surface area contributed by atoms with E-state index >= 15 is 0 Å². The molecule has 0 spiro atoms. The molecule has 0 saturated carbocycles. The maximum Gasteiger partial charge on any atom is 0.306 e. The number of aliphatic carboxylic acids is 1. The predicted octanol–water partition coefficient (Wildman–Crippen LogP) is 3.83. The van der Waals surface area contributed by atoms with Crippen LogP contribution in [0.4, 0.5) is 0 Å². The van der Waals surface area contributed by atoms with Crippen LogP contribution in [0.15, 0.2) is 84.9 Å². The van der Waals surface area contributed by atoms with Crippen LogP contribution >= 0.6 is 0 Å². The van der Waals surface area contributed by atoms with Gasteiger partial charge in [-0.05, 0) is 30.5 Å².